The van der Waals surface area contributed by atoms with Crippen LogP contribution in [0.2, 0.25) is 5.02 Å². The molecule has 2 rings (SSSR count). The maximum Gasteiger partial charge on any atom is 0.143 e. The fourth-order valence-corrected chi connectivity index (χ4v) is 2.52. The topological polar surface area (TPSA) is 12.0 Å². The van der Waals surface area contributed by atoms with E-state index in [2.05, 4.69) is 24.4 Å². The largest absolute Gasteiger partial charge is 0.380 e. The van der Waals surface area contributed by atoms with Gasteiger partial charge >= 0.3 is 0 Å². The van der Waals surface area contributed by atoms with Crippen molar-refractivity contribution >= 4 is 28.6 Å². The van der Waals surface area contributed by atoms with Gasteiger partial charge in [0.15, 0.2) is 0 Å². The first-order valence-electron chi connectivity index (χ1n) is 5.45. The third kappa shape index (κ3) is 3.20. The third-order valence-electron chi connectivity index (χ3n) is 2.45. The van der Waals surface area contributed by atoms with Gasteiger partial charge in [-0.3, -0.25) is 0 Å². The van der Waals surface area contributed by atoms with Crippen molar-refractivity contribution in [3.63, 3.8) is 0 Å². The summed E-state index contributed by atoms with van der Waals surface area (Å²) < 4.78 is 13.2. The molecule has 0 fully saturated rings. The standard InChI is InChI=1S/C13H13ClFNS/c1-2-10-4-5-11(17-10)8-16-9-3-6-12(14)13(15)7-9/h3-7,16H,2,8H2,1H3. The summed E-state index contributed by atoms with van der Waals surface area (Å²) in [6.45, 7) is 2.85. The summed E-state index contributed by atoms with van der Waals surface area (Å²) in [6, 6.07) is 8.98. The number of hydrogen-bond acceptors (Lipinski definition) is 2. The van der Waals surface area contributed by atoms with Crippen molar-refractivity contribution in [1.82, 2.24) is 0 Å². The third-order valence-corrected chi connectivity index (χ3v) is 3.99. The van der Waals surface area contributed by atoms with Gasteiger partial charge < -0.3 is 5.32 Å². The van der Waals surface area contributed by atoms with Crippen molar-refractivity contribution in [2.45, 2.75) is 19.9 Å². The van der Waals surface area contributed by atoms with Crippen LogP contribution in [0, 0.1) is 5.82 Å². The fraction of sp³-hybridized carbons (Fsp3) is 0.231. The monoisotopic (exact) mass is 269 g/mol. The minimum absolute atomic E-state index is 0.153. The summed E-state index contributed by atoms with van der Waals surface area (Å²) in [6.07, 6.45) is 1.06. The first-order valence-corrected chi connectivity index (χ1v) is 6.65. The lowest BCUT2D eigenvalue weighted by Crippen LogP contribution is -1.97. The summed E-state index contributed by atoms with van der Waals surface area (Å²) in [4.78, 5) is 2.61. The van der Waals surface area contributed by atoms with E-state index in [1.807, 2.05) is 0 Å². The van der Waals surface area contributed by atoms with Crippen LogP contribution in [0.5, 0.6) is 0 Å². The molecule has 0 aliphatic carbocycles. The molecular formula is C13H13ClFNS. The summed E-state index contributed by atoms with van der Waals surface area (Å²) in [5, 5.41) is 3.33. The fourth-order valence-electron chi connectivity index (χ4n) is 1.50. The second-order valence-corrected chi connectivity index (χ2v) is 5.36. The molecule has 0 aliphatic rings. The molecule has 2 aromatic rings. The van der Waals surface area contributed by atoms with Gasteiger partial charge in [0.25, 0.3) is 0 Å². The van der Waals surface area contributed by atoms with Gasteiger partial charge in [-0.05, 0) is 36.8 Å². The lowest BCUT2D eigenvalue weighted by molar-refractivity contribution is 0.628. The highest BCUT2D eigenvalue weighted by molar-refractivity contribution is 7.12. The molecule has 90 valence electrons. The maximum atomic E-state index is 13.2. The van der Waals surface area contributed by atoms with E-state index in [0.717, 1.165) is 12.1 Å². The molecule has 0 saturated heterocycles. The number of aryl methyl sites for hydroxylation is 1. The average molecular weight is 270 g/mol. The highest BCUT2D eigenvalue weighted by Crippen LogP contribution is 2.21. The molecule has 1 nitrogen and oxygen atoms in total. The minimum Gasteiger partial charge on any atom is -0.380 e. The molecule has 1 aromatic heterocycles. The summed E-state index contributed by atoms with van der Waals surface area (Å²) in [7, 11) is 0. The quantitative estimate of drug-likeness (QED) is 0.847. The van der Waals surface area contributed by atoms with Crippen molar-refractivity contribution in [2.24, 2.45) is 0 Å². The van der Waals surface area contributed by atoms with E-state index >= 15 is 0 Å². The van der Waals surface area contributed by atoms with Gasteiger partial charge in [0.1, 0.15) is 5.82 Å². The van der Waals surface area contributed by atoms with Gasteiger partial charge in [-0.2, -0.15) is 0 Å². The SMILES string of the molecule is CCc1ccc(CNc2ccc(Cl)c(F)c2)s1. The summed E-state index contributed by atoms with van der Waals surface area (Å²) in [5.74, 6) is -0.392. The number of nitrogens with one attached hydrogen (secondary N) is 1. The molecule has 4 heteroatoms. The molecule has 0 radical (unpaired) electrons. The van der Waals surface area contributed by atoms with Crippen LogP contribution in [-0.4, -0.2) is 0 Å². The van der Waals surface area contributed by atoms with Gasteiger partial charge in [-0.25, -0.2) is 4.39 Å². The summed E-state index contributed by atoms with van der Waals surface area (Å²) >= 11 is 7.40. The van der Waals surface area contributed by atoms with E-state index in [1.54, 1.807) is 23.5 Å². The number of rotatable bonds is 4. The zero-order valence-electron chi connectivity index (χ0n) is 9.47. The number of benzene rings is 1. The molecule has 0 saturated carbocycles. The summed E-state index contributed by atoms with van der Waals surface area (Å²) in [5.41, 5.74) is 0.748. The maximum absolute atomic E-state index is 13.2. The Morgan fingerprint density at radius 3 is 2.65 bits per heavy atom. The average Bonchev–Trinajstić information content (AvgIpc) is 2.79. The van der Waals surface area contributed by atoms with Crippen LogP contribution >= 0.6 is 22.9 Å². The number of hydrogen-bond donors (Lipinski definition) is 1. The van der Waals surface area contributed by atoms with Crippen LogP contribution < -0.4 is 5.32 Å². The van der Waals surface area contributed by atoms with Crippen molar-refractivity contribution in [1.29, 1.82) is 0 Å². The number of anilines is 1. The first kappa shape index (κ1) is 12.4. The van der Waals surface area contributed by atoms with Crippen molar-refractivity contribution in [3.8, 4) is 0 Å². The zero-order chi connectivity index (χ0) is 12.3. The molecular weight excluding hydrogens is 257 g/mol. The molecule has 17 heavy (non-hydrogen) atoms. The highest BCUT2D eigenvalue weighted by atomic mass is 35.5. The second-order valence-electron chi connectivity index (χ2n) is 3.70. The van der Waals surface area contributed by atoms with Gasteiger partial charge in [0, 0.05) is 22.0 Å². The molecule has 0 unspecified atom stereocenters. The molecule has 0 spiro atoms. The Kier molecular flexibility index (Phi) is 4.02. The molecule has 0 bridgehead atoms. The highest BCUT2D eigenvalue weighted by Gasteiger charge is 2.02. The van der Waals surface area contributed by atoms with E-state index in [1.165, 1.54) is 15.8 Å². The van der Waals surface area contributed by atoms with Crippen LogP contribution in [0.4, 0.5) is 10.1 Å². The smallest absolute Gasteiger partial charge is 0.143 e. The van der Waals surface area contributed by atoms with E-state index in [-0.39, 0.29) is 5.02 Å². The Morgan fingerprint density at radius 1 is 1.24 bits per heavy atom. The van der Waals surface area contributed by atoms with Crippen LogP contribution in [0.3, 0.4) is 0 Å². The Hall–Kier alpha value is -1.06. The van der Waals surface area contributed by atoms with E-state index < -0.39 is 5.82 Å². The van der Waals surface area contributed by atoms with Gasteiger partial charge in [-0.15, -0.1) is 11.3 Å². The number of thiophene rings is 1. The van der Waals surface area contributed by atoms with E-state index in [9.17, 15) is 4.39 Å². The minimum atomic E-state index is -0.392. The number of halogens is 2. The second kappa shape index (κ2) is 5.52. The molecule has 1 heterocycles. The van der Waals surface area contributed by atoms with Gasteiger partial charge in [0.05, 0.1) is 5.02 Å². The molecule has 1 N–H and O–H groups in total. The molecule has 0 amide bonds. The van der Waals surface area contributed by atoms with Crippen LogP contribution in [-0.2, 0) is 13.0 Å². The van der Waals surface area contributed by atoms with Gasteiger partial charge in [-0.1, -0.05) is 18.5 Å². The van der Waals surface area contributed by atoms with E-state index in [4.69, 9.17) is 11.6 Å². The van der Waals surface area contributed by atoms with Crippen LogP contribution in [0.25, 0.3) is 0 Å². The first-order chi connectivity index (χ1) is 8.19. The predicted octanol–water partition coefficient (Wildman–Crippen LogP) is 4.72. The van der Waals surface area contributed by atoms with Crippen LogP contribution in [0.15, 0.2) is 30.3 Å². The lowest BCUT2D eigenvalue weighted by atomic mass is 10.3. The molecule has 0 atom stereocenters. The molecule has 0 aliphatic heterocycles. The van der Waals surface area contributed by atoms with Gasteiger partial charge in [0.2, 0.25) is 0 Å². The Balaban J connectivity index is 1.99. The van der Waals surface area contributed by atoms with E-state index in [0.29, 0.717) is 6.54 Å². The Morgan fingerprint density at radius 2 is 2.00 bits per heavy atom. The van der Waals surface area contributed by atoms with Crippen LogP contribution in [0.1, 0.15) is 16.7 Å². The van der Waals surface area contributed by atoms with Crippen molar-refractivity contribution < 1.29 is 4.39 Å². The Labute approximate surface area is 109 Å². The molecule has 1 aromatic carbocycles. The predicted molar refractivity (Wildman–Crippen MR) is 72.4 cm³/mol. The normalized spacial score (nSPS) is 10.5. The van der Waals surface area contributed by atoms with Crippen molar-refractivity contribution in [2.75, 3.05) is 5.32 Å². The lowest BCUT2D eigenvalue weighted by Gasteiger charge is -2.05. The Bertz CT molecular complexity index is 510. The zero-order valence-corrected chi connectivity index (χ0v) is 11.0. The van der Waals surface area contributed by atoms with Crippen molar-refractivity contribution in [3.05, 3.63) is 50.9 Å².